The van der Waals surface area contributed by atoms with Gasteiger partial charge in [-0.05, 0) is 38.4 Å². The zero-order chi connectivity index (χ0) is 13.1. The Balaban J connectivity index is 2.06. The number of nitrogens with one attached hydrogen (secondary N) is 2. The first-order chi connectivity index (χ1) is 8.61. The average molecular weight is 268 g/mol. The number of methoxy groups -OCH3 is 1. The van der Waals surface area contributed by atoms with E-state index in [0.29, 0.717) is 16.5 Å². The van der Waals surface area contributed by atoms with Crippen molar-refractivity contribution in [2.24, 2.45) is 5.92 Å². The molecule has 2 heterocycles. The summed E-state index contributed by atoms with van der Waals surface area (Å²) >= 11 is 1.48. The minimum Gasteiger partial charge on any atom is -0.495 e. The zero-order valence-electron chi connectivity index (χ0n) is 11.1. The fourth-order valence-electron chi connectivity index (χ4n) is 2.26. The lowest BCUT2D eigenvalue weighted by Crippen LogP contribution is -2.48. The molecule has 1 aromatic rings. The van der Waals surface area contributed by atoms with E-state index in [2.05, 4.69) is 17.6 Å². The normalized spacial score (nSPS) is 23.7. The van der Waals surface area contributed by atoms with Gasteiger partial charge < -0.3 is 15.4 Å². The third kappa shape index (κ3) is 2.84. The maximum absolute atomic E-state index is 12.3. The topological polar surface area (TPSA) is 50.4 Å². The zero-order valence-corrected chi connectivity index (χ0v) is 11.9. The van der Waals surface area contributed by atoms with Crippen LogP contribution in [0.5, 0.6) is 5.75 Å². The van der Waals surface area contributed by atoms with Crippen molar-refractivity contribution in [3.63, 3.8) is 0 Å². The van der Waals surface area contributed by atoms with Crippen molar-refractivity contribution < 1.29 is 9.53 Å². The van der Waals surface area contributed by atoms with Crippen LogP contribution < -0.4 is 15.4 Å². The van der Waals surface area contributed by atoms with E-state index in [1.807, 2.05) is 13.0 Å². The third-order valence-electron chi connectivity index (χ3n) is 3.35. The van der Waals surface area contributed by atoms with Crippen LogP contribution in [0.15, 0.2) is 6.07 Å². The second-order valence-corrected chi connectivity index (χ2v) is 6.06. The van der Waals surface area contributed by atoms with Crippen LogP contribution in [-0.4, -0.2) is 32.1 Å². The number of amides is 1. The molecule has 1 saturated heterocycles. The molecule has 2 atom stereocenters. The van der Waals surface area contributed by atoms with Crippen LogP contribution in [0.2, 0.25) is 0 Å². The molecule has 0 aromatic carbocycles. The number of piperidine rings is 1. The van der Waals surface area contributed by atoms with Gasteiger partial charge in [-0.2, -0.15) is 0 Å². The second kappa shape index (κ2) is 5.71. The van der Waals surface area contributed by atoms with E-state index in [1.165, 1.54) is 11.3 Å². The molecule has 2 rings (SSSR count). The highest BCUT2D eigenvalue weighted by Gasteiger charge is 2.25. The molecule has 1 aromatic heterocycles. The molecule has 18 heavy (non-hydrogen) atoms. The summed E-state index contributed by atoms with van der Waals surface area (Å²) in [5.41, 5.74) is 0. The summed E-state index contributed by atoms with van der Waals surface area (Å²) in [6, 6.07) is 2.16. The highest BCUT2D eigenvalue weighted by atomic mass is 32.1. The molecule has 4 nitrogen and oxygen atoms in total. The Morgan fingerprint density at radius 1 is 1.61 bits per heavy atom. The first kappa shape index (κ1) is 13.4. The van der Waals surface area contributed by atoms with Gasteiger partial charge in [-0.1, -0.05) is 6.92 Å². The van der Waals surface area contributed by atoms with E-state index in [4.69, 9.17) is 4.74 Å². The van der Waals surface area contributed by atoms with Crippen LogP contribution in [-0.2, 0) is 0 Å². The molecule has 1 amide bonds. The molecule has 1 aliphatic heterocycles. The largest absolute Gasteiger partial charge is 0.495 e. The van der Waals surface area contributed by atoms with Crippen molar-refractivity contribution in [1.29, 1.82) is 0 Å². The minimum atomic E-state index is -0.0105. The molecular weight excluding hydrogens is 248 g/mol. The van der Waals surface area contributed by atoms with Crippen molar-refractivity contribution in [1.82, 2.24) is 10.6 Å². The molecule has 0 saturated carbocycles. The van der Waals surface area contributed by atoms with Crippen LogP contribution in [0, 0.1) is 12.8 Å². The van der Waals surface area contributed by atoms with E-state index < -0.39 is 0 Å². The number of aryl methyl sites for hydroxylation is 1. The van der Waals surface area contributed by atoms with Gasteiger partial charge in [0.15, 0.2) is 0 Å². The number of ether oxygens (including phenoxy) is 1. The quantitative estimate of drug-likeness (QED) is 0.879. The van der Waals surface area contributed by atoms with Gasteiger partial charge in [0.2, 0.25) is 0 Å². The van der Waals surface area contributed by atoms with Gasteiger partial charge in [0.25, 0.3) is 5.91 Å². The Kier molecular flexibility index (Phi) is 4.24. The molecule has 0 bridgehead atoms. The van der Waals surface area contributed by atoms with Crippen LogP contribution in [0.3, 0.4) is 0 Å². The first-order valence-corrected chi connectivity index (χ1v) is 7.09. The summed E-state index contributed by atoms with van der Waals surface area (Å²) < 4.78 is 5.24. The van der Waals surface area contributed by atoms with E-state index in [0.717, 1.165) is 24.4 Å². The highest BCUT2D eigenvalue weighted by molar-refractivity contribution is 7.14. The predicted molar refractivity (Wildman–Crippen MR) is 73.5 cm³/mol. The van der Waals surface area contributed by atoms with E-state index in [9.17, 15) is 4.79 Å². The van der Waals surface area contributed by atoms with Crippen LogP contribution >= 0.6 is 11.3 Å². The van der Waals surface area contributed by atoms with Gasteiger partial charge in [0, 0.05) is 10.9 Å². The van der Waals surface area contributed by atoms with Crippen molar-refractivity contribution in [2.45, 2.75) is 26.3 Å². The fraction of sp³-hybridized carbons (Fsp3) is 0.615. The number of carbonyl (C=O) groups is 1. The monoisotopic (exact) mass is 268 g/mol. The lowest BCUT2D eigenvalue weighted by atomic mass is 9.95. The second-order valence-electron chi connectivity index (χ2n) is 4.80. The lowest BCUT2D eigenvalue weighted by Gasteiger charge is -2.30. The van der Waals surface area contributed by atoms with Gasteiger partial charge in [0.05, 0.1) is 7.11 Å². The number of thiophene rings is 1. The van der Waals surface area contributed by atoms with E-state index >= 15 is 0 Å². The highest BCUT2D eigenvalue weighted by Crippen LogP contribution is 2.28. The maximum Gasteiger partial charge on any atom is 0.265 e. The maximum atomic E-state index is 12.3. The Morgan fingerprint density at radius 2 is 2.39 bits per heavy atom. The Hall–Kier alpha value is -1.07. The summed E-state index contributed by atoms with van der Waals surface area (Å²) in [7, 11) is 1.60. The van der Waals surface area contributed by atoms with Crippen LogP contribution in [0.25, 0.3) is 0 Å². The van der Waals surface area contributed by atoms with Gasteiger partial charge in [0.1, 0.15) is 10.6 Å². The predicted octanol–water partition coefficient (Wildman–Crippen LogP) is 1.79. The molecule has 0 aliphatic carbocycles. The Bertz CT molecular complexity index is 431. The molecule has 0 radical (unpaired) electrons. The number of rotatable bonds is 3. The van der Waals surface area contributed by atoms with Crippen LogP contribution in [0.1, 0.15) is 27.9 Å². The summed E-state index contributed by atoms with van der Waals surface area (Å²) in [5, 5.41) is 6.46. The summed E-state index contributed by atoms with van der Waals surface area (Å²) in [5.74, 6) is 1.13. The van der Waals surface area contributed by atoms with Crippen LogP contribution in [0.4, 0.5) is 0 Å². The van der Waals surface area contributed by atoms with Crippen molar-refractivity contribution in [2.75, 3.05) is 20.2 Å². The van der Waals surface area contributed by atoms with Gasteiger partial charge in [-0.25, -0.2) is 0 Å². The first-order valence-electron chi connectivity index (χ1n) is 6.28. The van der Waals surface area contributed by atoms with Gasteiger partial charge in [-0.3, -0.25) is 4.79 Å². The standard InChI is InChI=1S/C13H20N2O2S/c1-8-7-14-5-4-10(8)15-13(16)12-11(17-3)6-9(2)18-12/h6,8,10,14H,4-5,7H2,1-3H3,(H,15,16). The molecule has 0 spiro atoms. The number of hydrogen-bond donors (Lipinski definition) is 2. The molecule has 2 unspecified atom stereocenters. The molecular formula is C13H20N2O2S. The molecule has 100 valence electrons. The molecule has 1 fully saturated rings. The minimum absolute atomic E-state index is 0.0105. The fourth-order valence-corrected chi connectivity index (χ4v) is 3.15. The number of hydrogen-bond acceptors (Lipinski definition) is 4. The Labute approximate surface area is 112 Å². The smallest absolute Gasteiger partial charge is 0.265 e. The third-order valence-corrected chi connectivity index (χ3v) is 4.38. The molecule has 1 aliphatic rings. The molecule has 5 heteroatoms. The Morgan fingerprint density at radius 3 is 3.06 bits per heavy atom. The SMILES string of the molecule is COc1cc(C)sc1C(=O)NC1CCNCC1C. The van der Waals surface area contributed by atoms with E-state index in [1.54, 1.807) is 7.11 Å². The summed E-state index contributed by atoms with van der Waals surface area (Å²) in [6.45, 7) is 6.08. The van der Waals surface area contributed by atoms with Gasteiger partial charge in [-0.15, -0.1) is 11.3 Å². The summed E-state index contributed by atoms with van der Waals surface area (Å²) in [4.78, 5) is 14.0. The van der Waals surface area contributed by atoms with Crippen molar-refractivity contribution in [3.8, 4) is 5.75 Å². The number of carbonyl (C=O) groups excluding carboxylic acids is 1. The van der Waals surface area contributed by atoms with Crippen molar-refractivity contribution in [3.05, 3.63) is 15.8 Å². The van der Waals surface area contributed by atoms with E-state index in [-0.39, 0.29) is 11.9 Å². The average Bonchev–Trinajstić information content (AvgIpc) is 2.73. The molecule has 2 N–H and O–H groups in total. The van der Waals surface area contributed by atoms with Gasteiger partial charge >= 0.3 is 0 Å². The summed E-state index contributed by atoms with van der Waals surface area (Å²) in [6.07, 6.45) is 0.986. The van der Waals surface area contributed by atoms with Crippen molar-refractivity contribution >= 4 is 17.2 Å². The lowest BCUT2D eigenvalue weighted by molar-refractivity contribution is 0.0915.